The maximum atomic E-state index is 12.7. The fourth-order valence-electron chi connectivity index (χ4n) is 3.37. The lowest BCUT2D eigenvalue weighted by Crippen LogP contribution is -2.35. The van der Waals surface area contributed by atoms with Gasteiger partial charge in [-0.1, -0.05) is 12.8 Å². The topological polar surface area (TPSA) is 84.9 Å². The summed E-state index contributed by atoms with van der Waals surface area (Å²) in [5.74, 6) is 0.254. The van der Waals surface area contributed by atoms with Crippen molar-refractivity contribution in [1.29, 1.82) is 0 Å². The molecule has 3 rings (SSSR count). The van der Waals surface area contributed by atoms with Crippen molar-refractivity contribution in [3.63, 3.8) is 0 Å². The highest BCUT2D eigenvalue weighted by Crippen LogP contribution is 2.22. The molecule has 8 heteroatoms. The van der Waals surface area contributed by atoms with Crippen LogP contribution in [0.4, 0.5) is 0 Å². The number of benzene rings is 1. The Bertz CT molecular complexity index is 706. The second-order valence-electron chi connectivity index (χ2n) is 7.02. The van der Waals surface area contributed by atoms with Gasteiger partial charge < -0.3 is 14.8 Å². The fourth-order valence-corrected chi connectivity index (χ4v) is 4.89. The van der Waals surface area contributed by atoms with E-state index in [1.54, 1.807) is 28.6 Å². The number of carbonyl (C=O) groups excluding carboxylic acids is 1. The molecule has 2 saturated heterocycles. The first-order valence-electron chi connectivity index (χ1n) is 9.67. The predicted molar refractivity (Wildman–Crippen MR) is 101 cm³/mol. The van der Waals surface area contributed by atoms with Crippen LogP contribution in [-0.4, -0.2) is 57.6 Å². The van der Waals surface area contributed by atoms with Crippen molar-refractivity contribution >= 4 is 15.9 Å². The van der Waals surface area contributed by atoms with Gasteiger partial charge in [0.15, 0.2) is 6.61 Å². The van der Waals surface area contributed by atoms with Crippen LogP contribution in [0.2, 0.25) is 0 Å². The minimum absolute atomic E-state index is 0.0948. The molecule has 7 nitrogen and oxygen atoms in total. The van der Waals surface area contributed by atoms with Gasteiger partial charge in [0.1, 0.15) is 5.75 Å². The van der Waals surface area contributed by atoms with Crippen molar-refractivity contribution < 1.29 is 22.7 Å². The third-order valence-electron chi connectivity index (χ3n) is 4.95. The van der Waals surface area contributed by atoms with Crippen LogP contribution in [0.3, 0.4) is 0 Å². The molecule has 0 spiro atoms. The summed E-state index contributed by atoms with van der Waals surface area (Å²) in [5.41, 5.74) is 0. The van der Waals surface area contributed by atoms with Crippen LogP contribution in [0.5, 0.6) is 5.75 Å². The number of hydrogen-bond donors (Lipinski definition) is 1. The summed E-state index contributed by atoms with van der Waals surface area (Å²) in [7, 11) is -3.47. The van der Waals surface area contributed by atoms with Gasteiger partial charge in [0.25, 0.3) is 5.91 Å². The highest BCUT2D eigenvalue weighted by atomic mass is 32.2. The molecule has 1 aromatic rings. The lowest BCUT2D eigenvalue weighted by Gasteiger charge is -2.20. The molecule has 1 aromatic carbocycles. The largest absolute Gasteiger partial charge is 0.484 e. The fraction of sp³-hybridized carbons (Fsp3) is 0.632. The van der Waals surface area contributed by atoms with Gasteiger partial charge in [-0.05, 0) is 49.9 Å². The zero-order valence-electron chi connectivity index (χ0n) is 15.6. The molecule has 2 aliphatic heterocycles. The zero-order valence-corrected chi connectivity index (χ0v) is 16.4. The van der Waals surface area contributed by atoms with Crippen LogP contribution >= 0.6 is 0 Å². The second kappa shape index (κ2) is 9.52. The molecule has 2 aliphatic rings. The van der Waals surface area contributed by atoms with Crippen molar-refractivity contribution in [3.05, 3.63) is 24.3 Å². The minimum atomic E-state index is -3.47. The molecule has 27 heavy (non-hydrogen) atoms. The predicted octanol–water partition coefficient (Wildman–Crippen LogP) is 1.93. The van der Waals surface area contributed by atoms with E-state index in [1.807, 2.05) is 0 Å². The Morgan fingerprint density at radius 2 is 1.81 bits per heavy atom. The molecule has 0 unspecified atom stereocenters. The van der Waals surface area contributed by atoms with Crippen LogP contribution in [0.1, 0.15) is 38.5 Å². The number of carbonyl (C=O) groups is 1. The van der Waals surface area contributed by atoms with E-state index in [0.29, 0.717) is 25.4 Å². The van der Waals surface area contributed by atoms with Crippen LogP contribution in [0, 0.1) is 0 Å². The van der Waals surface area contributed by atoms with Crippen molar-refractivity contribution in [2.24, 2.45) is 0 Å². The van der Waals surface area contributed by atoms with E-state index < -0.39 is 10.0 Å². The third-order valence-corrected chi connectivity index (χ3v) is 6.86. The summed E-state index contributed by atoms with van der Waals surface area (Å²) in [5, 5.41) is 2.79. The van der Waals surface area contributed by atoms with Gasteiger partial charge in [0.05, 0.1) is 11.0 Å². The summed E-state index contributed by atoms with van der Waals surface area (Å²) in [4.78, 5) is 12.1. The normalized spacial score (nSPS) is 21.6. The van der Waals surface area contributed by atoms with Crippen molar-refractivity contribution in [1.82, 2.24) is 9.62 Å². The molecule has 0 radical (unpaired) electrons. The van der Waals surface area contributed by atoms with Gasteiger partial charge in [-0.3, -0.25) is 4.79 Å². The Hall–Kier alpha value is -1.64. The van der Waals surface area contributed by atoms with Crippen molar-refractivity contribution in [2.45, 2.75) is 49.5 Å². The Morgan fingerprint density at radius 1 is 1.11 bits per heavy atom. The number of ether oxygens (including phenoxy) is 2. The molecule has 150 valence electrons. The summed E-state index contributed by atoms with van der Waals surface area (Å²) in [6.45, 7) is 2.29. The number of hydrogen-bond acceptors (Lipinski definition) is 5. The maximum absolute atomic E-state index is 12.7. The van der Waals surface area contributed by atoms with Crippen LogP contribution in [0.25, 0.3) is 0 Å². The molecule has 2 fully saturated rings. The SMILES string of the molecule is O=C(COc1ccc(S(=O)(=O)N2CCCCCC2)cc1)NC[C@H]1CCCO1. The van der Waals surface area contributed by atoms with Gasteiger partial charge in [0.2, 0.25) is 10.0 Å². The van der Waals surface area contributed by atoms with E-state index in [0.717, 1.165) is 45.1 Å². The minimum Gasteiger partial charge on any atom is -0.484 e. The Labute approximate surface area is 161 Å². The lowest BCUT2D eigenvalue weighted by atomic mass is 10.2. The number of amides is 1. The molecule has 1 N–H and O–H groups in total. The molecule has 2 heterocycles. The summed E-state index contributed by atoms with van der Waals surface area (Å²) in [6, 6.07) is 6.27. The second-order valence-corrected chi connectivity index (χ2v) is 8.96. The standard InChI is InChI=1S/C19H28N2O5S/c22-19(20-14-17-6-5-13-25-17)15-26-16-7-9-18(10-8-16)27(23,24)21-11-3-1-2-4-12-21/h7-10,17H,1-6,11-15H2,(H,20,22)/t17-/m1/s1. The molecule has 1 amide bonds. The average Bonchev–Trinajstić information content (AvgIpc) is 3.04. The first kappa shape index (κ1) is 20.1. The van der Waals surface area contributed by atoms with E-state index >= 15 is 0 Å². The van der Waals surface area contributed by atoms with Crippen LogP contribution < -0.4 is 10.1 Å². The molecular weight excluding hydrogens is 368 g/mol. The average molecular weight is 397 g/mol. The van der Waals surface area contributed by atoms with E-state index in [4.69, 9.17) is 9.47 Å². The van der Waals surface area contributed by atoms with E-state index in [9.17, 15) is 13.2 Å². The first-order valence-corrected chi connectivity index (χ1v) is 11.1. The molecule has 0 saturated carbocycles. The van der Waals surface area contributed by atoms with Gasteiger partial charge in [0, 0.05) is 26.2 Å². The van der Waals surface area contributed by atoms with Gasteiger partial charge >= 0.3 is 0 Å². The van der Waals surface area contributed by atoms with Crippen molar-refractivity contribution in [2.75, 3.05) is 32.8 Å². The summed E-state index contributed by atoms with van der Waals surface area (Å²) in [6.07, 6.45) is 6.06. The number of nitrogens with zero attached hydrogens (tertiary/aromatic N) is 1. The number of nitrogens with one attached hydrogen (secondary N) is 1. The van der Waals surface area contributed by atoms with E-state index in [1.165, 1.54) is 0 Å². The lowest BCUT2D eigenvalue weighted by molar-refractivity contribution is -0.123. The van der Waals surface area contributed by atoms with Gasteiger partial charge in [-0.2, -0.15) is 4.31 Å². The maximum Gasteiger partial charge on any atom is 0.258 e. The van der Waals surface area contributed by atoms with Gasteiger partial charge in [-0.15, -0.1) is 0 Å². The number of sulfonamides is 1. The van der Waals surface area contributed by atoms with Gasteiger partial charge in [-0.25, -0.2) is 8.42 Å². The molecule has 0 aliphatic carbocycles. The smallest absolute Gasteiger partial charge is 0.258 e. The Morgan fingerprint density at radius 3 is 2.44 bits per heavy atom. The van der Waals surface area contributed by atoms with Crippen LogP contribution in [0.15, 0.2) is 29.2 Å². The highest BCUT2D eigenvalue weighted by Gasteiger charge is 2.25. The molecule has 0 aromatic heterocycles. The first-order chi connectivity index (χ1) is 13.1. The van der Waals surface area contributed by atoms with E-state index in [2.05, 4.69) is 5.32 Å². The summed E-state index contributed by atoms with van der Waals surface area (Å²) < 4.78 is 37.9. The monoisotopic (exact) mass is 396 g/mol. The molecule has 0 bridgehead atoms. The third kappa shape index (κ3) is 5.67. The van der Waals surface area contributed by atoms with Crippen LogP contribution in [-0.2, 0) is 19.6 Å². The Balaban J connectivity index is 1.49. The summed E-state index contributed by atoms with van der Waals surface area (Å²) >= 11 is 0. The number of rotatable bonds is 7. The molecular formula is C19H28N2O5S. The Kier molecular flexibility index (Phi) is 7.09. The van der Waals surface area contributed by atoms with E-state index in [-0.39, 0.29) is 23.5 Å². The quantitative estimate of drug-likeness (QED) is 0.761. The highest BCUT2D eigenvalue weighted by molar-refractivity contribution is 7.89. The zero-order chi connectivity index (χ0) is 19.1. The molecule has 1 atom stereocenters. The van der Waals surface area contributed by atoms with Crippen molar-refractivity contribution in [3.8, 4) is 5.75 Å².